The van der Waals surface area contributed by atoms with Crippen molar-refractivity contribution in [2.75, 3.05) is 5.32 Å². The molecule has 2 aromatic carbocycles. The molecule has 0 spiro atoms. The van der Waals surface area contributed by atoms with Crippen LogP contribution in [0.3, 0.4) is 0 Å². The molecule has 0 heterocycles. The van der Waals surface area contributed by atoms with Gasteiger partial charge in [-0.1, -0.05) is 32.6 Å². The number of carbonyl (C=O) groups is 3. The highest BCUT2D eigenvalue weighted by atomic mass is 16.5. The Hall–Kier alpha value is -4.11. The highest BCUT2D eigenvalue weighted by Gasteiger charge is 2.25. The van der Waals surface area contributed by atoms with Gasteiger partial charge in [-0.25, -0.2) is 5.48 Å². The Kier molecular flexibility index (Phi) is 10.7. The van der Waals surface area contributed by atoms with Gasteiger partial charge in [0.15, 0.2) is 0 Å². The molecule has 5 N–H and O–H groups in total. The van der Waals surface area contributed by atoms with Gasteiger partial charge in [-0.2, -0.15) is 0 Å². The van der Waals surface area contributed by atoms with Crippen LogP contribution in [0.1, 0.15) is 55.6 Å². The molecule has 2 rings (SSSR count). The zero-order chi connectivity index (χ0) is 26.7. The Morgan fingerprint density at radius 1 is 0.833 bits per heavy atom. The van der Waals surface area contributed by atoms with E-state index in [1.807, 2.05) is 19.1 Å². The number of hydrogen-bond acceptors (Lipinski definition) is 5. The number of rotatable bonds is 8. The van der Waals surface area contributed by atoms with Crippen LogP contribution >= 0.6 is 0 Å². The predicted molar refractivity (Wildman–Crippen MR) is 137 cm³/mol. The van der Waals surface area contributed by atoms with E-state index in [2.05, 4.69) is 48.2 Å². The Labute approximate surface area is 211 Å². The van der Waals surface area contributed by atoms with E-state index in [1.165, 1.54) is 24.5 Å². The van der Waals surface area contributed by atoms with Gasteiger partial charge in [-0.05, 0) is 79.6 Å². The highest BCUT2D eigenvalue weighted by molar-refractivity contribution is 5.97. The first-order valence-electron chi connectivity index (χ1n) is 11.6. The Bertz CT molecular complexity index is 1180. The van der Waals surface area contributed by atoms with Crippen molar-refractivity contribution >= 4 is 23.4 Å². The number of hydrogen-bond donors (Lipinski definition) is 5. The zero-order valence-corrected chi connectivity index (χ0v) is 20.8. The molecule has 0 unspecified atom stereocenters. The molecule has 188 valence electrons. The summed E-state index contributed by atoms with van der Waals surface area (Å²) in [6.45, 7) is 7.42. The van der Waals surface area contributed by atoms with Gasteiger partial charge in [-0.3, -0.25) is 19.6 Å². The van der Waals surface area contributed by atoms with Gasteiger partial charge in [0.1, 0.15) is 6.04 Å². The van der Waals surface area contributed by atoms with Crippen LogP contribution in [0.5, 0.6) is 0 Å². The summed E-state index contributed by atoms with van der Waals surface area (Å²) >= 11 is 0. The molecular formula is C28H31N3O5. The van der Waals surface area contributed by atoms with Crippen LogP contribution in [0, 0.1) is 35.5 Å². The van der Waals surface area contributed by atoms with Crippen molar-refractivity contribution < 1.29 is 24.7 Å². The Balaban J connectivity index is 1.95. The third kappa shape index (κ3) is 8.92. The number of amides is 3. The average molecular weight is 490 g/mol. The second-order valence-corrected chi connectivity index (χ2v) is 8.84. The van der Waals surface area contributed by atoms with E-state index in [-0.39, 0.29) is 17.4 Å². The van der Waals surface area contributed by atoms with Crippen LogP contribution in [0.4, 0.5) is 5.69 Å². The maximum Gasteiger partial charge on any atom is 0.268 e. The third-order valence-corrected chi connectivity index (χ3v) is 5.21. The molecule has 3 amide bonds. The van der Waals surface area contributed by atoms with Crippen LogP contribution in [-0.4, -0.2) is 40.2 Å². The fraction of sp³-hybridized carbons (Fsp3) is 0.321. The molecule has 8 heteroatoms. The standard InChI is InChI=1S/C28H31N3O5/c1-18(2)17-19(3)26(33)29-24-15-11-22(12-16-24)8-6-5-7-21-9-13-23(14-10-21)27(34)30-25(20(4)32)28(35)31-36/h9-16,18-20,25,32,36H,17H2,1-4H3,(H,29,33)(H,30,34)(H,31,35)/t19-,20+,25-/m0/s1. The summed E-state index contributed by atoms with van der Waals surface area (Å²) in [6.07, 6.45) is -0.366. The van der Waals surface area contributed by atoms with E-state index in [1.54, 1.807) is 24.3 Å². The summed E-state index contributed by atoms with van der Waals surface area (Å²) in [5.41, 5.74) is 3.77. The molecule has 0 saturated carbocycles. The van der Waals surface area contributed by atoms with E-state index in [0.29, 0.717) is 17.2 Å². The molecule has 0 radical (unpaired) electrons. The Morgan fingerprint density at radius 2 is 1.36 bits per heavy atom. The van der Waals surface area contributed by atoms with Crippen molar-refractivity contribution in [2.24, 2.45) is 11.8 Å². The zero-order valence-electron chi connectivity index (χ0n) is 20.8. The van der Waals surface area contributed by atoms with E-state index in [4.69, 9.17) is 5.21 Å². The summed E-state index contributed by atoms with van der Waals surface area (Å²) in [6, 6.07) is 12.2. The molecule has 0 saturated heterocycles. The molecule has 36 heavy (non-hydrogen) atoms. The molecule has 0 fully saturated rings. The summed E-state index contributed by atoms with van der Waals surface area (Å²) in [4.78, 5) is 36.1. The van der Waals surface area contributed by atoms with Gasteiger partial charge in [0, 0.05) is 28.3 Å². The van der Waals surface area contributed by atoms with E-state index < -0.39 is 24.0 Å². The van der Waals surface area contributed by atoms with Crippen molar-refractivity contribution in [1.29, 1.82) is 0 Å². The summed E-state index contributed by atoms with van der Waals surface area (Å²) in [7, 11) is 0. The van der Waals surface area contributed by atoms with E-state index in [0.717, 1.165) is 12.0 Å². The van der Waals surface area contributed by atoms with Gasteiger partial charge >= 0.3 is 0 Å². The van der Waals surface area contributed by atoms with Crippen LogP contribution in [-0.2, 0) is 9.59 Å². The molecule has 3 atom stereocenters. The molecule has 0 aromatic heterocycles. The molecular weight excluding hydrogens is 458 g/mol. The minimum absolute atomic E-state index is 0.00432. The van der Waals surface area contributed by atoms with Gasteiger partial charge in [0.25, 0.3) is 11.8 Å². The molecule has 0 aliphatic heterocycles. The first-order chi connectivity index (χ1) is 17.1. The Morgan fingerprint density at radius 3 is 1.83 bits per heavy atom. The molecule has 2 aromatic rings. The van der Waals surface area contributed by atoms with Gasteiger partial charge in [0.2, 0.25) is 5.91 Å². The topological polar surface area (TPSA) is 128 Å². The number of benzene rings is 2. The molecule has 0 bridgehead atoms. The minimum atomic E-state index is -1.30. The SMILES string of the molecule is CC(C)C[C@H](C)C(=O)Nc1ccc(C#CC#Cc2ccc(C(=O)N[C@H](C(=O)NO)[C@@H](C)O)cc2)cc1. The fourth-order valence-corrected chi connectivity index (χ4v) is 3.33. The molecule has 0 aliphatic carbocycles. The number of aliphatic hydroxyl groups excluding tert-OH is 1. The maximum atomic E-state index is 12.3. The average Bonchev–Trinajstić information content (AvgIpc) is 2.85. The van der Waals surface area contributed by atoms with Crippen molar-refractivity contribution in [3.05, 3.63) is 65.2 Å². The second kappa shape index (κ2) is 13.7. The maximum absolute atomic E-state index is 12.3. The predicted octanol–water partition coefficient (Wildman–Crippen LogP) is 2.70. The van der Waals surface area contributed by atoms with Crippen LogP contribution in [0.25, 0.3) is 0 Å². The third-order valence-electron chi connectivity index (χ3n) is 5.21. The normalized spacial score (nSPS) is 12.6. The quantitative estimate of drug-likeness (QED) is 0.221. The molecule has 8 nitrogen and oxygen atoms in total. The lowest BCUT2D eigenvalue weighted by molar-refractivity contribution is -0.133. The van der Waals surface area contributed by atoms with Gasteiger partial charge in [-0.15, -0.1) is 0 Å². The summed E-state index contributed by atoms with van der Waals surface area (Å²) in [5.74, 6) is 10.2. The van der Waals surface area contributed by atoms with E-state index in [9.17, 15) is 19.5 Å². The lowest BCUT2D eigenvalue weighted by Crippen LogP contribution is -2.51. The van der Waals surface area contributed by atoms with Crippen LogP contribution in [0.2, 0.25) is 0 Å². The first kappa shape index (κ1) is 28.1. The monoisotopic (exact) mass is 489 g/mol. The first-order valence-corrected chi connectivity index (χ1v) is 11.6. The van der Waals surface area contributed by atoms with Crippen LogP contribution < -0.4 is 16.1 Å². The smallest absolute Gasteiger partial charge is 0.268 e. The number of aliphatic hydroxyl groups is 1. The van der Waals surface area contributed by atoms with Gasteiger partial charge < -0.3 is 15.7 Å². The van der Waals surface area contributed by atoms with E-state index >= 15 is 0 Å². The highest BCUT2D eigenvalue weighted by Crippen LogP contribution is 2.15. The number of hydroxylamine groups is 1. The minimum Gasteiger partial charge on any atom is -0.391 e. The number of anilines is 1. The summed E-state index contributed by atoms with van der Waals surface area (Å²) < 4.78 is 0. The van der Waals surface area contributed by atoms with Crippen molar-refractivity contribution in [3.63, 3.8) is 0 Å². The van der Waals surface area contributed by atoms with Crippen molar-refractivity contribution in [1.82, 2.24) is 10.8 Å². The molecule has 0 aliphatic rings. The largest absolute Gasteiger partial charge is 0.391 e. The second-order valence-electron chi connectivity index (χ2n) is 8.84. The lowest BCUT2D eigenvalue weighted by atomic mass is 9.98. The number of carbonyl (C=O) groups excluding carboxylic acids is 3. The van der Waals surface area contributed by atoms with Crippen molar-refractivity contribution in [3.8, 4) is 23.7 Å². The van der Waals surface area contributed by atoms with Crippen LogP contribution in [0.15, 0.2) is 48.5 Å². The summed E-state index contributed by atoms with van der Waals surface area (Å²) in [5, 5.41) is 23.6. The van der Waals surface area contributed by atoms with Gasteiger partial charge in [0.05, 0.1) is 6.10 Å². The van der Waals surface area contributed by atoms with Crippen molar-refractivity contribution in [2.45, 2.75) is 46.3 Å². The fourth-order valence-electron chi connectivity index (χ4n) is 3.33. The lowest BCUT2D eigenvalue weighted by Gasteiger charge is -2.19. The number of nitrogens with one attached hydrogen (secondary N) is 3.